The molecule has 120 valence electrons. The van der Waals surface area contributed by atoms with Crippen molar-refractivity contribution < 1.29 is 19.4 Å². The van der Waals surface area contributed by atoms with Crippen molar-refractivity contribution in [1.82, 2.24) is 5.43 Å². The van der Waals surface area contributed by atoms with Crippen LogP contribution in [0, 0.1) is 0 Å². The zero-order valence-electron chi connectivity index (χ0n) is 12.1. The Morgan fingerprint density at radius 2 is 2.18 bits per heavy atom. The molecule has 2 unspecified atom stereocenters. The van der Waals surface area contributed by atoms with Gasteiger partial charge in [-0.2, -0.15) is 0 Å². The number of benzene rings is 1. The second-order valence-corrected chi connectivity index (χ2v) is 6.03. The monoisotopic (exact) mass is 346 g/mol. The van der Waals surface area contributed by atoms with E-state index in [1.807, 2.05) is 0 Å². The summed E-state index contributed by atoms with van der Waals surface area (Å²) in [7, 11) is 0. The van der Waals surface area contributed by atoms with Crippen molar-refractivity contribution in [3.63, 3.8) is 0 Å². The fourth-order valence-electron chi connectivity index (χ4n) is 2.39. The van der Waals surface area contributed by atoms with Gasteiger partial charge in [0.2, 0.25) is 0 Å². The molecule has 1 aliphatic rings. The summed E-state index contributed by atoms with van der Waals surface area (Å²) in [5.41, 5.74) is 2.21. The lowest BCUT2D eigenvalue weighted by Crippen LogP contribution is -2.51. The standard InChI is InChI=1S/C14H16Cl2N2O4/c1-3-22-13(21)14(2)7-11(12(19)20)18(17-14)10-5-4-8(15)6-9(10)16/h4-6,11,17H,3,7H2,1-2H3,(H,19,20). The molecule has 2 N–H and O–H groups in total. The van der Waals surface area contributed by atoms with Gasteiger partial charge in [-0.3, -0.25) is 5.01 Å². The summed E-state index contributed by atoms with van der Waals surface area (Å²) in [6.07, 6.45) is 0.0557. The Bertz CT molecular complexity index is 611. The predicted molar refractivity (Wildman–Crippen MR) is 83.2 cm³/mol. The largest absolute Gasteiger partial charge is 0.480 e. The zero-order valence-corrected chi connectivity index (χ0v) is 13.6. The van der Waals surface area contributed by atoms with Crippen LogP contribution in [0.1, 0.15) is 20.3 Å². The number of esters is 1. The van der Waals surface area contributed by atoms with E-state index in [2.05, 4.69) is 5.43 Å². The minimum atomic E-state index is -1.14. The van der Waals surface area contributed by atoms with Crippen LogP contribution in [0.4, 0.5) is 5.69 Å². The van der Waals surface area contributed by atoms with Gasteiger partial charge in [-0.25, -0.2) is 15.0 Å². The van der Waals surface area contributed by atoms with Gasteiger partial charge in [0, 0.05) is 11.4 Å². The number of nitrogens with zero attached hydrogens (tertiary/aromatic N) is 1. The molecule has 0 amide bonds. The highest BCUT2D eigenvalue weighted by Crippen LogP contribution is 2.35. The third-order valence-corrected chi connectivity index (χ3v) is 4.00. The van der Waals surface area contributed by atoms with Gasteiger partial charge in [-0.1, -0.05) is 23.2 Å². The first-order valence-corrected chi connectivity index (χ1v) is 7.46. The molecule has 8 heteroatoms. The van der Waals surface area contributed by atoms with Crippen molar-refractivity contribution in [2.45, 2.75) is 31.8 Å². The number of rotatable bonds is 4. The Hall–Kier alpha value is -1.50. The SMILES string of the molecule is CCOC(=O)C1(C)CC(C(=O)O)N(c2ccc(Cl)cc2Cl)N1. The van der Waals surface area contributed by atoms with Crippen LogP contribution < -0.4 is 10.4 Å². The van der Waals surface area contributed by atoms with Crippen molar-refractivity contribution in [2.75, 3.05) is 11.6 Å². The number of carboxylic acids is 1. The average molecular weight is 347 g/mol. The van der Waals surface area contributed by atoms with Crippen molar-refractivity contribution >= 4 is 40.8 Å². The summed E-state index contributed by atoms with van der Waals surface area (Å²) in [5.74, 6) is -1.57. The van der Waals surface area contributed by atoms with E-state index in [0.29, 0.717) is 15.7 Å². The lowest BCUT2D eigenvalue weighted by atomic mass is 9.96. The number of anilines is 1. The summed E-state index contributed by atoms with van der Waals surface area (Å²) in [6.45, 7) is 3.51. The van der Waals surface area contributed by atoms with Crippen LogP contribution in [0.5, 0.6) is 0 Å². The maximum atomic E-state index is 12.1. The molecule has 1 aromatic rings. The van der Waals surface area contributed by atoms with E-state index in [1.165, 1.54) is 11.1 Å². The van der Waals surface area contributed by atoms with Gasteiger partial charge in [-0.05, 0) is 32.0 Å². The predicted octanol–water partition coefficient (Wildman–Crippen LogP) is 2.48. The third-order valence-electron chi connectivity index (χ3n) is 3.46. The summed E-state index contributed by atoms with van der Waals surface area (Å²) >= 11 is 12.0. The van der Waals surface area contributed by atoms with Gasteiger partial charge >= 0.3 is 11.9 Å². The molecule has 0 radical (unpaired) electrons. The van der Waals surface area contributed by atoms with Gasteiger partial charge in [0.15, 0.2) is 0 Å². The van der Waals surface area contributed by atoms with Crippen LogP contribution in [-0.4, -0.2) is 35.2 Å². The molecule has 2 atom stereocenters. The quantitative estimate of drug-likeness (QED) is 0.815. The number of carbonyl (C=O) groups excluding carboxylic acids is 1. The molecule has 1 heterocycles. The summed E-state index contributed by atoms with van der Waals surface area (Å²) in [6, 6.07) is 3.76. The Morgan fingerprint density at radius 3 is 2.73 bits per heavy atom. The van der Waals surface area contributed by atoms with Crippen LogP contribution in [0.2, 0.25) is 10.0 Å². The molecule has 0 bridgehead atoms. The number of nitrogens with one attached hydrogen (secondary N) is 1. The number of hydrazine groups is 1. The molecular weight excluding hydrogens is 331 g/mol. The molecule has 0 spiro atoms. The first-order valence-electron chi connectivity index (χ1n) is 6.70. The van der Waals surface area contributed by atoms with Gasteiger partial charge in [-0.15, -0.1) is 0 Å². The number of halogens is 2. The van der Waals surface area contributed by atoms with E-state index in [4.69, 9.17) is 27.9 Å². The van der Waals surface area contributed by atoms with E-state index in [-0.39, 0.29) is 13.0 Å². The van der Waals surface area contributed by atoms with E-state index in [9.17, 15) is 14.7 Å². The minimum absolute atomic E-state index is 0.0557. The highest BCUT2D eigenvalue weighted by Gasteiger charge is 2.50. The second kappa shape index (κ2) is 6.32. The van der Waals surface area contributed by atoms with Gasteiger partial charge in [0.1, 0.15) is 11.6 Å². The van der Waals surface area contributed by atoms with Crippen molar-refractivity contribution in [2.24, 2.45) is 0 Å². The maximum absolute atomic E-state index is 12.1. The molecule has 6 nitrogen and oxygen atoms in total. The number of carboxylic acid groups (broad SMARTS) is 1. The van der Waals surface area contributed by atoms with Crippen LogP contribution in [0.15, 0.2) is 18.2 Å². The summed E-state index contributed by atoms with van der Waals surface area (Å²) in [4.78, 5) is 23.6. The van der Waals surface area contributed by atoms with Crippen LogP contribution in [0.25, 0.3) is 0 Å². The number of hydrogen-bond acceptors (Lipinski definition) is 5. The number of ether oxygens (including phenoxy) is 1. The van der Waals surface area contributed by atoms with Gasteiger partial charge in [0.25, 0.3) is 0 Å². The molecule has 1 aromatic carbocycles. The fourth-order valence-corrected chi connectivity index (χ4v) is 2.89. The molecule has 0 aromatic heterocycles. The Kier molecular flexibility index (Phi) is 4.84. The Balaban J connectivity index is 2.37. The molecule has 0 saturated carbocycles. The molecule has 22 heavy (non-hydrogen) atoms. The Morgan fingerprint density at radius 1 is 1.50 bits per heavy atom. The maximum Gasteiger partial charge on any atom is 0.328 e. The number of aliphatic carboxylic acids is 1. The van der Waals surface area contributed by atoms with Crippen LogP contribution in [0.3, 0.4) is 0 Å². The van der Waals surface area contributed by atoms with E-state index >= 15 is 0 Å². The Labute approximate surface area is 137 Å². The smallest absolute Gasteiger partial charge is 0.328 e. The minimum Gasteiger partial charge on any atom is -0.480 e. The van der Waals surface area contributed by atoms with Crippen molar-refractivity contribution in [3.8, 4) is 0 Å². The molecule has 1 saturated heterocycles. The number of hydrogen-bond donors (Lipinski definition) is 2. The van der Waals surface area contributed by atoms with E-state index in [0.717, 1.165) is 0 Å². The topological polar surface area (TPSA) is 78.9 Å². The van der Waals surface area contributed by atoms with Crippen molar-refractivity contribution in [1.29, 1.82) is 0 Å². The fraction of sp³-hybridized carbons (Fsp3) is 0.429. The summed E-state index contributed by atoms with van der Waals surface area (Å²) in [5, 5.41) is 11.5. The van der Waals surface area contributed by atoms with Crippen molar-refractivity contribution in [3.05, 3.63) is 28.2 Å². The highest BCUT2D eigenvalue weighted by molar-refractivity contribution is 6.36. The first kappa shape index (κ1) is 16.9. The van der Waals surface area contributed by atoms with Gasteiger partial charge < -0.3 is 9.84 Å². The normalized spacial score (nSPS) is 24.4. The van der Waals surface area contributed by atoms with E-state index < -0.39 is 23.5 Å². The van der Waals surface area contributed by atoms with Gasteiger partial charge in [0.05, 0.1) is 17.3 Å². The highest BCUT2D eigenvalue weighted by atomic mass is 35.5. The molecular formula is C14H16Cl2N2O4. The molecule has 1 fully saturated rings. The average Bonchev–Trinajstić information content (AvgIpc) is 2.79. The zero-order chi connectivity index (χ0) is 16.5. The summed E-state index contributed by atoms with van der Waals surface area (Å²) < 4.78 is 5.02. The first-order chi connectivity index (χ1) is 10.3. The van der Waals surface area contributed by atoms with E-state index in [1.54, 1.807) is 26.0 Å². The molecule has 1 aliphatic heterocycles. The molecule has 0 aliphatic carbocycles. The van der Waals surface area contributed by atoms with Crippen LogP contribution in [-0.2, 0) is 14.3 Å². The second-order valence-electron chi connectivity index (χ2n) is 5.19. The third kappa shape index (κ3) is 3.14. The molecule has 2 rings (SSSR count). The van der Waals surface area contributed by atoms with Crippen LogP contribution >= 0.6 is 23.2 Å². The lowest BCUT2D eigenvalue weighted by molar-refractivity contribution is -0.149. The number of carbonyl (C=O) groups is 2. The lowest BCUT2D eigenvalue weighted by Gasteiger charge is -2.27.